The smallest absolute Gasteiger partial charge is 0.270 e. The minimum Gasteiger partial charge on any atom is -0.289 e. The fourth-order valence-corrected chi connectivity index (χ4v) is 1.88. The molecule has 0 aliphatic rings. The fraction of sp³-hybridized carbons (Fsp3) is 0. The van der Waals surface area contributed by atoms with Gasteiger partial charge < -0.3 is 0 Å². The summed E-state index contributed by atoms with van der Waals surface area (Å²) in [4.78, 5) is 36.7. The number of carbonyl (C=O) groups is 2. The van der Waals surface area contributed by atoms with Gasteiger partial charge >= 0.3 is 0 Å². The molecule has 0 aliphatic heterocycles. The van der Waals surface area contributed by atoms with Crippen molar-refractivity contribution in [3.8, 4) is 0 Å². The number of nitro groups is 1. The molecule has 22 heavy (non-hydrogen) atoms. The minimum absolute atomic E-state index is 0.0143. The molecule has 0 heterocycles. The number of carbonyl (C=O) groups excluding carboxylic acids is 2. The van der Waals surface area contributed by atoms with Gasteiger partial charge in [-0.05, 0) is 10.6 Å². The fourth-order valence-electron chi connectivity index (χ4n) is 1.88. The molecule has 0 aliphatic carbocycles. The van der Waals surface area contributed by atoms with Crippen LogP contribution >= 0.6 is 0 Å². The van der Waals surface area contributed by atoms with Crippen molar-refractivity contribution < 1.29 is 14.5 Å². The average Bonchev–Trinajstić information content (AvgIpc) is 2.54. The minimum atomic E-state index is -0.892. The van der Waals surface area contributed by atoms with Crippen LogP contribution in [0.1, 0.15) is 26.3 Å². The van der Waals surface area contributed by atoms with Crippen LogP contribution in [0.3, 0.4) is 0 Å². The maximum Gasteiger partial charge on any atom is 0.270 e. The number of non-ortho nitro benzene ring substituents is 1. The Bertz CT molecular complexity index is 825. The molecule has 0 spiro atoms. The molecule has 8 heteroatoms. The van der Waals surface area contributed by atoms with E-state index in [1.165, 1.54) is 42.5 Å². The van der Waals surface area contributed by atoms with Crippen molar-refractivity contribution in [1.29, 1.82) is 0 Å². The SMILES string of the molecule is [N-]=[N+]=NC(=O)c1ccccc1C(=O)c1cccc([N+](=O)[O-])c1. The number of nitrogens with zero attached hydrogens (tertiary/aromatic N) is 4. The summed E-state index contributed by atoms with van der Waals surface area (Å²) in [6, 6.07) is 11.0. The topological polar surface area (TPSA) is 126 Å². The van der Waals surface area contributed by atoms with Gasteiger partial charge in [0.05, 0.1) is 4.92 Å². The second-order valence-corrected chi connectivity index (χ2v) is 4.18. The van der Waals surface area contributed by atoms with Crippen LogP contribution in [0.5, 0.6) is 0 Å². The molecule has 0 N–H and O–H groups in total. The number of ketones is 1. The van der Waals surface area contributed by atoms with Crippen LogP contribution in [-0.4, -0.2) is 16.6 Å². The van der Waals surface area contributed by atoms with E-state index in [9.17, 15) is 19.7 Å². The summed E-state index contributed by atoms with van der Waals surface area (Å²) in [6.07, 6.45) is 0. The van der Waals surface area contributed by atoms with Crippen LogP contribution in [-0.2, 0) is 0 Å². The highest BCUT2D eigenvalue weighted by molar-refractivity contribution is 6.15. The average molecular weight is 296 g/mol. The molecular formula is C14H8N4O4. The highest BCUT2D eigenvalue weighted by atomic mass is 16.6. The second kappa shape index (κ2) is 6.29. The molecule has 0 aromatic heterocycles. The molecule has 0 radical (unpaired) electrons. The molecule has 8 nitrogen and oxygen atoms in total. The van der Waals surface area contributed by atoms with E-state index in [0.29, 0.717) is 0 Å². The van der Waals surface area contributed by atoms with Gasteiger partial charge in [0.2, 0.25) is 5.91 Å². The predicted octanol–water partition coefficient (Wildman–Crippen LogP) is 3.28. The standard InChI is InChI=1S/C14H8N4O4/c15-17-16-14(20)12-7-2-1-6-11(12)13(19)9-4-3-5-10(8-9)18(21)22/h1-8H. The molecular weight excluding hydrogens is 288 g/mol. The largest absolute Gasteiger partial charge is 0.289 e. The molecule has 0 saturated carbocycles. The normalized spacial score (nSPS) is 9.64. The first kappa shape index (κ1) is 14.9. The number of amides is 1. The van der Waals surface area contributed by atoms with Crippen LogP contribution < -0.4 is 0 Å². The van der Waals surface area contributed by atoms with E-state index in [4.69, 9.17) is 5.53 Å². The Balaban J connectivity index is 2.50. The predicted molar refractivity (Wildman–Crippen MR) is 76.4 cm³/mol. The Morgan fingerprint density at radius 3 is 2.41 bits per heavy atom. The summed E-state index contributed by atoms with van der Waals surface area (Å²) in [5.74, 6) is -1.46. The van der Waals surface area contributed by atoms with Crippen molar-refractivity contribution in [2.24, 2.45) is 5.11 Å². The van der Waals surface area contributed by atoms with Crippen LogP contribution in [0, 0.1) is 10.1 Å². The summed E-state index contributed by atoms with van der Waals surface area (Å²) in [5.41, 5.74) is 8.11. The molecule has 108 valence electrons. The molecule has 0 saturated heterocycles. The molecule has 0 fully saturated rings. The van der Waals surface area contributed by atoms with Crippen molar-refractivity contribution >= 4 is 17.4 Å². The third kappa shape index (κ3) is 2.97. The maximum absolute atomic E-state index is 12.4. The zero-order valence-electron chi connectivity index (χ0n) is 11.0. The van der Waals surface area contributed by atoms with Gasteiger partial charge in [-0.15, -0.1) is 0 Å². The summed E-state index contributed by atoms with van der Waals surface area (Å²) in [6.45, 7) is 0. The van der Waals surface area contributed by atoms with Gasteiger partial charge in [-0.1, -0.05) is 36.4 Å². The van der Waals surface area contributed by atoms with E-state index in [-0.39, 0.29) is 22.4 Å². The zero-order valence-corrected chi connectivity index (χ0v) is 11.0. The Morgan fingerprint density at radius 2 is 1.77 bits per heavy atom. The van der Waals surface area contributed by atoms with Crippen LogP contribution in [0.15, 0.2) is 53.6 Å². The molecule has 1 amide bonds. The van der Waals surface area contributed by atoms with Crippen LogP contribution in [0.4, 0.5) is 5.69 Å². The first-order valence-electron chi connectivity index (χ1n) is 6.02. The monoisotopic (exact) mass is 296 g/mol. The lowest BCUT2D eigenvalue weighted by Gasteiger charge is -2.05. The van der Waals surface area contributed by atoms with Gasteiger partial charge in [0, 0.05) is 33.7 Å². The van der Waals surface area contributed by atoms with Gasteiger partial charge in [-0.2, -0.15) is 0 Å². The Kier molecular flexibility index (Phi) is 4.26. The summed E-state index contributed by atoms with van der Waals surface area (Å²) in [5, 5.41) is 13.7. The van der Waals surface area contributed by atoms with Crippen molar-refractivity contribution in [2.45, 2.75) is 0 Å². The summed E-state index contributed by atoms with van der Waals surface area (Å²) < 4.78 is 0. The van der Waals surface area contributed by atoms with E-state index in [2.05, 4.69) is 10.0 Å². The van der Waals surface area contributed by atoms with E-state index >= 15 is 0 Å². The number of azide groups is 1. The number of nitro benzene ring substituents is 1. The lowest BCUT2D eigenvalue weighted by atomic mass is 9.98. The van der Waals surface area contributed by atoms with Crippen molar-refractivity contribution in [3.63, 3.8) is 0 Å². The van der Waals surface area contributed by atoms with Gasteiger partial charge in [-0.25, -0.2) is 0 Å². The number of rotatable bonds is 4. The van der Waals surface area contributed by atoms with Crippen LogP contribution in [0.25, 0.3) is 10.4 Å². The van der Waals surface area contributed by atoms with Crippen molar-refractivity contribution in [3.05, 3.63) is 85.8 Å². The molecule has 2 aromatic rings. The Morgan fingerprint density at radius 1 is 1.09 bits per heavy atom. The van der Waals surface area contributed by atoms with Gasteiger partial charge in [0.1, 0.15) is 0 Å². The quantitative estimate of drug-likeness (QED) is 0.214. The van der Waals surface area contributed by atoms with Crippen LogP contribution in [0.2, 0.25) is 0 Å². The second-order valence-electron chi connectivity index (χ2n) is 4.18. The van der Waals surface area contributed by atoms with Gasteiger partial charge in [0.15, 0.2) is 5.78 Å². The van der Waals surface area contributed by atoms with E-state index in [1.54, 1.807) is 0 Å². The molecule has 2 aromatic carbocycles. The highest BCUT2D eigenvalue weighted by Crippen LogP contribution is 2.19. The first-order chi connectivity index (χ1) is 10.5. The molecule has 0 unspecified atom stereocenters. The maximum atomic E-state index is 12.4. The molecule has 0 atom stereocenters. The molecule has 2 rings (SSSR count). The summed E-state index contributed by atoms with van der Waals surface area (Å²) >= 11 is 0. The molecule has 0 bridgehead atoms. The Hall–Kier alpha value is -3.51. The number of hydrogen-bond acceptors (Lipinski definition) is 4. The first-order valence-corrected chi connectivity index (χ1v) is 6.02. The summed E-state index contributed by atoms with van der Waals surface area (Å²) in [7, 11) is 0. The van der Waals surface area contributed by atoms with Gasteiger partial charge in [0.25, 0.3) is 5.69 Å². The number of benzene rings is 2. The lowest BCUT2D eigenvalue weighted by Crippen LogP contribution is -2.08. The third-order valence-corrected chi connectivity index (χ3v) is 2.86. The van der Waals surface area contributed by atoms with Crippen molar-refractivity contribution in [1.82, 2.24) is 0 Å². The highest BCUT2D eigenvalue weighted by Gasteiger charge is 2.18. The van der Waals surface area contributed by atoms with Gasteiger partial charge in [-0.3, -0.25) is 19.7 Å². The Labute approximate surface area is 123 Å². The van der Waals surface area contributed by atoms with Crippen molar-refractivity contribution in [2.75, 3.05) is 0 Å². The van der Waals surface area contributed by atoms with E-state index in [1.807, 2.05) is 0 Å². The lowest BCUT2D eigenvalue weighted by molar-refractivity contribution is -0.384. The zero-order chi connectivity index (χ0) is 16.1. The number of hydrogen-bond donors (Lipinski definition) is 0. The third-order valence-electron chi connectivity index (χ3n) is 2.86. The van der Waals surface area contributed by atoms with E-state index in [0.717, 1.165) is 6.07 Å². The van der Waals surface area contributed by atoms with E-state index < -0.39 is 16.6 Å².